The minimum atomic E-state index is -1.05. The maximum atomic E-state index is 12.5. The van der Waals surface area contributed by atoms with Gasteiger partial charge in [0.15, 0.2) is 5.17 Å². The molecule has 0 radical (unpaired) electrons. The average Bonchev–Trinajstić information content (AvgIpc) is 3.12. The van der Waals surface area contributed by atoms with E-state index in [4.69, 9.17) is 33.0 Å². The van der Waals surface area contributed by atoms with Gasteiger partial charge in [-0.05, 0) is 71.9 Å². The van der Waals surface area contributed by atoms with E-state index in [1.54, 1.807) is 42.5 Å². The van der Waals surface area contributed by atoms with Gasteiger partial charge in [0.05, 0.1) is 16.2 Å². The second-order valence-corrected chi connectivity index (χ2v) is 8.84. The molecular formula is C24H16Cl2N2O4S. The first-order valence-electron chi connectivity index (χ1n) is 9.67. The summed E-state index contributed by atoms with van der Waals surface area (Å²) < 4.78 is 5.95. The van der Waals surface area contributed by atoms with Gasteiger partial charge in [-0.2, -0.15) is 0 Å². The van der Waals surface area contributed by atoms with Crippen LogP contribution in [0.25, 0.3) is 6.08 Å². The summed E-state index contributed by atoms with van der Waals surface area (Å²) in [6, 6.07) is 18.7. The summed E-state index contributed by atoms with van der Waals surface area (Å²) in [5, 5.41) is 13.3. The van der Waals surface area contributed by atoms with Gasteiger partial charge in [-0.3, -0.25) is 4.79 Å². The van der Waals surface area contributed by atoms with E-state index in [2.05, 4.69) is 10.3 Å². The fourth-order valence-corrected chi connectivity index (χ4v) is 4.23. The summed E-state index contributed by atoms with van der Waals surface area (Å²) in [5.74, 6) is -0.819. The second kappa shape index (κ2) is 10.1. The van der Waals surface area contributed by atoms with Crippen LogP contribution in [0.1, 0.15) is 21.5 Å². The van der Waals surface area contributed by atoms with Crippen molar-refractivity contribution in [1.29, 1.82) is 0 Å². The van der Waals surface area contributed by atoms with E-state index < -0.39 is 5.97 Å². The molecular weight excluding hydrogens is 483 g/mol. The van der Waals surface area contributed by atoms with Crippen LogP contribution in [0.4, 0.5) is 5.69 Å². The lowest BCUT2D eigenvalue weighted by Gasteiger charge is -2.10. The fraction of sp³-hybridized carbons (Fsp3) is 0.0417. The Morgan fingerprint density at radius 2 is 1.85 bits per heavy atom. The van der Waals surface area contributed by atoms with Crippen LogP contribution in [0, 0.1) is 0 Å². The number of amidine groups is 1. The van der Waals surface area contributed by atoms with E-state index in [0.29, 0.717) is 43.7 Å². The van der Waals surface area contributed by atoms with Crippen LogP contribution in [0.3, 0.4) is 0 Å². The number of thioether (sulfide) groups is 1. The van der Waals surface area contributed by atoms with Gasteiger partial charge >= 0.3 is 5.97 Å². The Morgan fingerprint density at radius 3 is 2.64 bits per heavy atom. The van der Waals surface area contributed by atoms with E-state index >= 15 is 0 Å². The van der Waals surface area contributed by atoms with Crippen LogP contribution in [0.15, 0.2) is 76.6 Å². The van der Waals surface area contributed by atoms with Gasteiger partial charge in [0.2, 0.25) is 0 Å². The van der Waals surface area contributed by atoms with E-state index in [0.717, 1.165) is 17.3 Å². The normalized spacial score (nSPS) is 15.6. The predicted octanol–water partition coefficient (Wildman–Crippen LogP) is 6.16. The quantitative estimate of drug-likeness (QED) is 0.397. The monoisotopic (exact) mass is 498 g/mol. The first-order chi connectivity index (χ1) is 15.9. The molecule has 2 N–H and O–H groups in total. The van der Waals surface area contributed by atoms with Crippen LogP contribution in [0.2, 0.25) is 10.0 Å². The third-order valence-corrected chi connectivity index (χ3v) is 5.90. The Morgan fingerprint density at radius 1 is 1.06 bits per heavy atom. The molecule has 1 saturated heterocycles. The number of carboxylic acids is 1. The van der Waals surface area contributed by atoms with Crippen LogP contribution in [-0.4, -0.2) is 22.2 Å². The molecule has 9 heteroatoms. The molecule has 6 nitrogen and oxygen atoms in total. The summed E-state index contributed by atoms with van der Waals surface area (Å²) in [4.78, 5) is 28.4. The third-order valence-electron chi connectivity index (χ3n) is 4.52. The topological polar surface area (TPSA) is 88.0 Å². The lowest BCUT2D eigenvalue weighted by Crippen LogP contribution is -2.19. The van der Waals surface area contributed by atoms with E-state index in [-0.39, 0.29) is 11.5 Å². The molecule has 1 fully saturated rings. The molecule has 0 spiro atoms. The number of carbonyl (C=O) groups is 2. The number of hydrogen-bond donors (Lipinski definition) is 2. The zero-order chi connectivity index (χ0) is 23.4. The molecule has 0 atom stereocenters. The number of aliphatic imine (C=N–C) groups is 1. The minimum Gasteiger partial charge on any atom is -0.488 e. The van der Waals surface area contributed by atoms with Crippen molar-refractivity contribution < 1.29 is 19.4 Å². The highest BCUT2D eigenvalue weighted by atomic mass is 35.5. The Bertz CT molecular complexity index is 1310. The summed E-state index contributed by atoms with van der Waals surface area (Å²) in [5.41, 5.74) is 2.08. The molecule has 33 heavy (non-hydrogen) atoms. The van der Waals surface area contributed by atoms with Crippen molar-refractivity contribution in [2.75, 3.05) is 0 Å². The molecule has 0 aliphatic carbocycles. The maximum Gasteiger partial charge on any atom is 0.335 e. The fourth-order valence-electron chi connectivity index (χ4n) is 3.00. The summed E-state index contributed by atoms with van der Waals surface area (Å²) in [6.45, 7) is 0.296. The number of hydrogen-bond acceptors (Lipinski definition) is 5. The van der Waals surface area contributed by atoms with Crippen molar-refractivity contribution in [2.24, 2.45) is 4.99 Å². The molecule has 4 rings (SSSR count). The molecule has 3 aromatic rings. The van der Waals surface area contributed by atoms with Crippen molar-refractivity contribution in [3.63, 3.8) is 0 Å². The number of halogens is 2. The smallest absolute Gasteiger partial charge is 0.335 e. The molecule has 0 bridgehead atoms. The first kappa shape index (κ1) is 22.9. The first-order valence-corrected chi connectivity index (χ1v) is 11.2. The van der Waals surface area contributed by atoms with Gasteiger partial charge in [-0.15, -0.1) is 0 Å². The highest BCUT2D eigenvalue weighted by Crippen LogP contribution is 2.32. The van der Waals surface area contributed by atoms with Crippen LogP contribution < -0.4 is 10.1 Å². The number of ether oxygens (including phenoxy) is 1. The molecule has 3 aromatic carbocycles. The van der Waals surface area contributed by atoms with Gasteiger partial charge < -0.3 is 15.2 Å². The van der Waals surface area contributed by atoms with E-state index in [1.165, 1.54) is 12.1 Å². The number of amides is 1. The maximum absolute atomic E-state index is 12.5. The van der Waals surface area contributed by atoms with Crippen molar-refractivity contribution in [3.8, 4) is 5.75 Å². The zero-order valence-electron chi connectivity index (χ0n) is 16.9. The minimum absolute atomic E-state index is 0.113. The van der Waals surface area contributed by atoms with Crippen molar-refractivity contribution in [2.45, 2.75) is 6.61 Å². The van der Waals surface area contributed by atoms with Gasteiger partial charge in [0.25, 0.3) is 5.91 Å². The second-order valence-electron chi connectivity index (χ2n) is 6.94. The highest BCUT2D eigenvalue weighted by molar-refractivity contribution is 8.18. The van der Waals surface area contributed by atoms with E-state index in [1.807, 2.05) is 18.2 Å². The standard InChI is InChI=1S/C24H16Cl2N2O4S/c25-17-5-1-3-14(9-17)13-32-20-8-7-18(26)10-16(20)12-21-22(29)28-24(33-21)27-19-6-2-4-15(11-19)23(30)31/h1-12H,13H2,(H,30,31)(H,27,28,29)/b21-12-. The summed E-state index contributed by atoms with van der Waals surface area (Å²) >= 11 is 13.3. The van der Waals surface area contributed by atoms with Gasteiger partial charge in [0, 0.05) is 15.6 Å². The molecule has 1 aliphatic heterocycles. The summed E-state index contributed by atoms with van der Waals surface area (Å²) in [7, 11) is 0. The van der Waals surface area contributed by atoms with Gasteiger partial charge in [0.1, 0.15) is 12.4 Å². The van der Waals surface area contributed by atoms with Crippen LogP contribution in [-0.2, 0) is 11.4 Å². The molecule has 1 heterocycles. The Labute approximate surface area is 203 Å². The Kier molecular flexibility index (Phi) is 7.03. The molecule has 1 aliphatic rings. The largest absolute Gasteiger partial charge is 0.488 e. The third kappa shape index (κ3) is 5.96. The van der Waals surface area contributed by atoms with Gasteiger partial charge in [-0.1, -0.05) is 41.4 Å². The Hall–Kier alpha value is -3.26. The number of rotatable bonds is 6. The molecule has 1 amide bonds. The summed E-state index contributed by atoms with van der Waals surface area (Å²) in [6.07, 6.45) is 1.68. The lowest BCUT2D eigenvalue weighted by molar-refractivity contribution is -0.115. The SMILES string of the molecule is O=C1NC(=Nc2cccc(C(=O)O)c2)S/C1=C\c1cc(Cl)ccc1OCc1cccc(Cl)c1. The van der Waals surface area contributed by atoms with Crippen LogP contribution in [0.5, 0.6) is 5.75 Å². The van der Waals surface area contributed by atoms with Gasteiger partial charge in [-0.25, -0.2) is 9.79 Å². The van der Waals surface area contributed by atoms with Crippen molar-refractivity contribution >= 4 is 63.8 Å². The van der Waals surface area contributed by atoms with E-state index in [9.17, 15) is 9.59 Å². The number of nitrogens with one attached hydrogen (secondary N) is 1. The van der Waals surface area contributed by atoms with Crippen molar-refractivity contribution in [1.82, 2.24) is 5.32 Å². The number of carboxylic acid groups (broad SMARTS) is 1. The van der Waals surface area contributed by atoms with Crippen molar-refractivity contribution in [3.05, 3.63) is 98.4 Å². The molecule has 0 aromatic heterocycles. The number of carbonyl (C=O) groups excluding carboxylic acids is 1. The Balaban J connectivity index is 1.56. The predicted molar refractivity (Wildman–Crippen MR) is 131 cm³/mol. The number of nitrogens with zero attached hydrogens (tertiary/aromatic N) is 1. The van der Waals surface area contributed by atoms with Crippen LogP contribution >= 0.6 is 35.0 Å². The molecule has 0 unspecified atom stereocenters. The highest BCUT2D eigenvalue weighted by Gasteiger charge is 2.24. The number of benzene rings is 3. The average molecular weight is 499 g/mol. The molecule has 0 saturated carbocycles. The lowest BCUT2D eigenvalue weighted by atomic mass is 10.1. The zero-order valence-corrected chi connectivity index (χ0v) is 19.2. The molecule has 166 valence electrons. The number of aromatic carboxylic acids is 1.